The SMILES string of the molecule is COCCN(CCOc1cccc(C)c1)c1c(N)n(Cc2ccccc2)c(=O)[nH]c1=O. The van der Waals surface area contributed by atoms with Crippen molar-refractivity contribution in [2.45, 2.75) is 13.5 Å². The lowest BCUT2D eigenvalue weighted by Crippen LogP contribution is -2.41. The van der Waals surface area contributed by atoms with Crippen LogP contribution in [0.4, 0.5) is 11.5 Å². The lowest BCUT2D eigenvalue weighted by molar-refractivity contribution is 0.203. The lowest BCUT2D eigenvalue weighted by Gasteiger charge is -2.26. The molecule has 3 rings (SSSR count). The topological polar surface area (TPSA) is 103 Å². The van der Waals surface area contributed by atoms with E-state index in [2.05, 4.69) is 4.98 Å². The molecule has 31 heavy (non-hydrogen) atoms. The number of aromatic amines is 1. The quantitative estimate of drug-likeness (QED) is 0.516. The minimum absolute atomic E-state index is 0.115. The number of nitrogen functional groups attached to an aromatic ring is 1. The highest BCUT2D eigenvalue weighted by Gasteiger charge is 2.19. The summed E-state index contributed by atoms with van der Waals surface area (Å²) in [5.41, 5.74) is 7.49. The number of aromatic nitrogens is 2. The van der Waals surface area contributed by atoms with Crippen LogP contribution in [0.1, 0.15) is 11.1 Å². The number of aryl methyl sites for hydroxylation is 1. The van der Waals surface area contributed by atoms with Crippen LogP contribution in [0.5, 0.6) is 5.75 Å². The van der Waals surface area contributed by atoms with Gasteiger partial charge in [0.1, 0.15) is 23.9 Å². The third-order valence-corrected chi connectivity index (χ3v) is 4.90. The first kappa shape index (κ1) is 22.2. The Balaban J connectivity index is 1.86. The van der Waals surface area contributed by atoms with Crippen LogP contribution in [0, 0.1) is 6.92 Å². The molecule has 0 saturated heterocycles. The van der Waals surface area contributed by atoms with Gasteiger partial charge >= 0.3 is 5.69 Å². The van der Waals surface area contributed by atoms with E-state index in [4.69, 9.17) is 15.2 Å². The summed E-state index contributed by atoms with van der Waals surface area (Å²) in [7, 11) is 1.59. The molecule has 1 aromatic heterocycles. The van der Waals surface area contributed by atoms with Crippen LogP contribution in [-0.4, -0.2) is 43.0 Å². The fraction of sp³-hybridized carbons (Fsp3) is 0.304. The molecular weight excluding hydrogens is 396 g/mol. The average Bonchev–Trinajstić information content (AvgIpc) is 2.75. The standard InChI is InChI=1S/C23H28N4O4/c1-17-7-6-10-19(15-17)31-14-12-26(11-13-30-2)20-21(24)27(23(29)25-22(20)28)16-18-8-4-3-5-9-18/h3-10,15H,11-14,16,24H2,1-2H3,(H,25,28,29). The van der Waals surface area contributed by atoms with Gasteiger partial charge in [0, 0.05) is 13.7 Å². The van der Waals surface area contributed by atoms with Gasteiger partial charge in [0.15, 0.2) is 0 Å². The molecule has 0 radical (unpaired) electrons. The van der Waals surface area contributed by atoms with Gasteiger partial charge in [0.05, 0.1) is 19.7 Å². The number of benzene rings is 2. The average molecular weight is 425 g/mol. The van der Waals surface area contributed by atoms with Crippen LogP contribution in [0.15, 0.2) is 64.2 Å². The highest BCUT2D eigenvalue weighted by molar-refractivity contribution is 5.62. The number of nitrogens with zero attached hydrogens (tertiary/aromatic N) is 2. The summed E-state index contributed by atoms with van der Waals surface area (Å²) in [5.74, 6) is 0.867. The summed E-state index contributed by atoms with van der Waals surface area (Å²) in [6.45, 7) is 3.80. The van der Waals surface area contributed by atoms with E-state index >= 15 is 0 Å². The van der Waals surface area contributed by atoms with Crippen molar-refractivity contribution in [3.8, 4) is 5.75 Å². The summed E-state index contributed by atoms with van der Waals surface area (Å²) in [5, 5.41) is 0. The Bertz CT molecular complexity index is 1110. The Kier molecular flexibility index (Phi) is 7.50. The molecule has 164 valence electrons. The third kappa shape index (κ3) is 5.76. The van der Waals surface area contributed by atoms with Gasteiger partial charge < -0.3 is 20.1 Å². The van der Waals surface area contributed by atoms with Crippen molar-refractivity contribution in [1.29, 1.82) is 0 Å². The van der Waals surface area contributed by atoms with Crippen molar-refractivity contribution in [2.75, 3.05) is 44.0 Å². The first-order chi connectivity index (χ1) is 15.0. The molecule has 3 N–H and O–H groups in total. The fourth-order valence-corrected chi connectivity index (χ4v) is 3.32. The molecule has 8 heteroatoms. The minimum Gasteiger partial charge on any atom is -0.492 e. The van der Waals surface area contributed by atoms with Crippen LogP contribution in [-0.2, 0) is 11.3 Å². The van der Waals surface area contributed by atoms with E-state index in [0.717, 1.165) is 16.9 Å². The van der Waals surface area contributed by atoms with E-state index in [1.54, 1.807) is 12.0 Å². The maximum Gasteiger partial charge on any atom is 0.330 e. The van der Waals surface area contributed by atoms with Gasteiger partial charge in [-0.3, -0.25) is 14.3 Å². The van der Waals surface area contributed by atoms with Gasteiger partial charge in [-0.05, 0) is 30.2 Å². The number of rotatable bonds is 10. The van der Waals surface area contributed by atoms with Crippen LogP contribution in [0.2, 0.25) is 0 Å². The molecule has 0 saturated carbocycles. The van der Waals surface area contributed by atoms with Crippen molar-refractivity contribution in [1.82, 2.24) is 9.55 Å². The first-order valence-electron chi connectivity index (χ1n) is 10.1. The molecule has 0 spiro atoms. The number of H-pyrrole nitrogens is 1. The van der Waals surface area contributed by atoms with Gasteiger partial charge in [0.25, 0.3) is 5.56 Å². The number of hydrogen-bond acceptors (Lipinski definition) is 6. The minimum atomic E-state index is -0.544. The van der Waals surface area contributed by atoms with Crippen LogP contribution in [0.25, 0.3) is 0 Å². The second-order valence-electron chi connectivity index (χ2n) is 7.21. The van der Waals surface area contributed by atoms with Crippen LogP contribution in [0.3, 0.4) is 0 Å². The smallest absolute Gasteiger partial charge is 0.330 e. The van der Waals surface area contributed by atoms with E-state index < -0.39 is 11.2 Å². The van der Waals surface area contributed by atoms with Gasteiger partial charge in [0.2, 0.25) is 0 Å². The summed E-state index contributed by atoms with van der Waals surface area (Å²) in [6, 6.07) is 17.2. The van der Waals surface area contributed by atoms with E-state index in [-0.39, 0.29) is 18.1 Å². The monoisotopic (exact) mass is 424 g/mol. The molecule has 0 bridgehead atoms. The third-order valence-electron chi connectivity index (χ3n) is 4.90. The number of methoxy groups -OCH3 is 1. The van der Waals surface area contributed by atoms with E-state index in [1.807, 2.05) is 61.5 Å². The highest BCUT2D eigenvalue weighted by Crippen LogP contribution is 2.18. The molecule has 1 heterocycles. The molecule has 0 atom stereocenters. The second-order valence-corrected chi connectivity index (χ2v) is 7.21. The Morgan fingerprint density at radius 3 is 2.48 bits per heavy atom. The molecule has 0 amide bonds. The Morgan fingerprint density at radius 1 is 1.03 bits per heavy atom. The second kappa shape index (κ2) is 10.5. The highest BCUT2D eigenvalue weighted by atomic mass is 16.5. The van der Waals surface area contributed by atoms with Gasteiger partial charge in [-0.15, -0.1) is 0 Å². The van der Waals surface area contributed by atoms with Gasteiger partial charge in [-0.25, -0.2) is 4.79 Å². The predicted octanol–water partition coefficient (Wildman–Crippen LogP) is 2.01. The number of hydrogen-bond donors (Lipinski definition) is 2. The summed E-state index contributed by atoms with van der Waals surface area (Å²) < 4.78 is 12.4. The van der Waals surface area contributed by atoms with E-state index in [9.17, 15) is 9.59 Å². The molecule has 0 aliphatic heterocycles. The molecule has 0 unspecified atom stereocenters. The molecule has 0 fully saturated rings. The molecule has 2 aromatic carbocycles. The van der Waals surface area contributed by atoms with Crippen molar-refractivity contribution < 1.29 is 9.47 Å². The molecule has 3 aromatic rings. The Morgan fingerprint density at radius 2 is 1.77 bits per heavy atom. The zero-order chi connectivity index (χ0) is 22.2. The van der Waals surface area contributed by atoms with Crippen molar-refractivity contribution in [2.24, 2.45) is 0 Å². The molecule has 0 aliphatic rings. The predicted molar refractivity (Wildman–Crippen MR) is 122 cm³/mol. The van der Waals surface area contributed by atoms with E-state index in [0.29, 0.717) is 26.3 Å². The largest absolute Gasteiger partial charge is 0.492 e. The Hall–Kier alpha value is -3.52. The number of nitrogens with two attached hydrogens (primary N) is 1. The van der Waals surface area contributed by atoms with Gasteiger partial charge in [-0.2, -0.15) is 0 Å². The van der Waals surface area contributed by atoms with Crippen molar-refractivity contribution in [3.05, 3.63) is 86.6 Å². The van der Waals surface area contributed by atoms with Gasteiger partial charge in [-0.1, -0.05) is 42.5 Å². The van der Waals surface area contributed by atoms with E-state index in [1.165, 1.54) is 4.57 Å². The molecular formula is C23H28N4O4. The zero-order valence-corrected chi connectivity index (χ0v) is 17.8. The van der Waals surface area contributed by atoms with Crippen molar-refractivity contribution in [3.63, 3.8) is 0 Å². The number of anilines is 2. The Labute approximate surface area is 180 Å². The summed E-state index contributed by atoms with van der Waals surface area (Å²) in [4.78, 5) is 29.3. The maximum atomic E-state index is 12.7. The van der Waals surface area contributed by atoms with Crippen molar-refractivity contribution >= 4 is 11.5 Å². The fourth-order valence-electron chi connectivity index (χ4n) is 3.32. The lowest BCUT2D eigenvalue weighted by atomic mass is 10.2. The van der Waals surface area contributed by atoms with Crippen LogP contribution >= 0.6 is 0 Å². The summed E-state index contributed by atoms with van der Waals surface area (Å²) in [6.07, 6.45) is 0. The normalized spacial score (nSPS) is 10.8. The number of ether oxygens (including phenoxy) is 2. The van der Waals surface area contributed by atoms with Crippen LogP contribution < -0.4 is 26.6 Å². The molecule has 0 aliphatic carbocycles. The number of nitrogens with one attached hydrogen (secondary N) is 1. The zero-order valence-electron chi connectivity index (χ0n) is 17.8. The molecule has 8 nitrogen and oxygen atoms in total. The summed E-state index contributed by atoms with van der Waals surface area (Å²) >= 11 is 0. The first-order valence-corrected chi connectivity index (χ1v) is 10.1. The maximum absolute atomic E-state index is 12.7.